The van der Waals surface area contributed by atoms with Crippen molar-refractivity contribution in [1.29, 1.82) is 0 Å². The summed E-state index contributed by atoms with van der Waals surface area (Å²) < 4.78 is 1.09. The van der Waals surface area contributed by atoms with Gasteiger partial charge in [-0.1, -0.05) is 35.6 Å². The average Bonchev–Trinajstić information content (AvgIpc) is 3.21. The third-order valence-electron chi connectivity index (χ3n) is 4.23. The molecule has 1 aliphatic heterocycles. The lowest BCUT2D eigenvalue weighted by molar-refractivity contribution is 0.182. The van der Waals surface area contributed by atoms with Gasteiger partial charge in [-0.3, -0.25) is 0 Å². The monoisotopic (exact) mass is 368 g/mol. The Morgan fingerprint density at radius 1 is 1.39 bits per heavy atom. The van der Waals surface area contributed by atoms with Crippen molar-refractivity contribution in [3.8, 4) is 0 Å². The minimum absolute atomic E-state index is 0.757. The molecule has 0 aromatic carbocycles. The second kappa shape index (κ2) is 9.01. The number of anilines is 1. The third kappa shape index (κ3) is 5.45. The van der Waals surface area contributed by atoms with Gasteiger partial charge in [0.1, 0.15) is 0 Å². The van der Waals surface area contributed by atoms with E-state index < -0.39 is 0 Å². The second-order valence-corrected chi connectivity index (χ2v) is 9.25. The average molecular weight is 369 g/mol. The Balaban J connectivity index is 1.35. The summed E-state index contributed by atoms with van der Waals surface area (Å²) in [6, 6.07) is 5.03. The van der Waals surface area contributed by atoms with E-state index in [2.05, 4.69) is 45.0 Å². The van der Waals surface area contributed by atoms with Crippen LogP contribution in [0.3, 0.4) is 0 Å². The van der Waals surface area contributed by atoms with Crippen LogP contribution < -0.4 is 5.32 Å². The van der Waals surface area contributed by atoms with Crippen molar-refractivity contribution in [2.45, 2.75) is 42.5 Å². The van der Waals surface area contributed by atoms with Crippen LogP contribution in [-0.2, 0) is 6.42 Å². The topological polar surface area (TPSA) is 41.1 Å². The molecule has 7 heteroatoms. The van der Waals surface area contributed by atoms with Gasteiger partial charge in [0.15, 0.2) is 4.34 Å². The first-order valence-electron chi connectivity index (χ1n) is 8.24. The van der Waals surface area contributed by atoms with E-state index >= 15 is 0 Å². The van der Waals surface area contributed by atoms with E-state index in [0.29, 0.717) is 0 Å². The number of thiophene rings is 1. The van der Waals surface area contributed by atoms with Gasteiger partial charge in [-0.25, -0.2) is 0 Å². The summed E-state index contributed by atoms with van der Waals surface area (Å²) >= 11 is 5.33. The van der Waals surface area contributed by atoms with E-state index in [4.69, 9.17) is 0 Å². The summed E-state index contributed by atoms with van der Waals surface area (Å²) in [5.41, 5.74) is 0. The highest BCUT2D eigenvalue weighted by Gasteiger charge is 2.18. The van der Waals surface area contributed by atoms with Crippen molar-refractivity contribution in [1.82, 2.24) is 15.1 Å². The molecule has 4 nitrogen and oxygen atoms in total. The summed E-state index contributed by atoms with van der Waals surface area (Å²) in [5, 5.41) is 15.0. The van der Waals surface area contributed by atoms with Gasteiger partial charge in [-0.05, 0) is 50.7 Å². The maximum absolute atomic E-state index is 4.29. The van der Waals surface area contributed by atoms with Crippen LogP contribution in [0.25, 0.3) is 0 Å². The molecule has 2 aromatic heterocycles. The van der Waals surface area contributed by atoms with Crippen LogP contribution in [0.4, 0.5) is 5.13 Å². The van der Waals surface area contributed by atoms with Gasteiger partial charge >= 0.3 is 0 Å². The maximum atomic E-state index is 4.29. The lowest BCUT2D eigenvalue weighted by Crippen LogP contribution is -2.36. The minimum Gasteiger partial charge on any atom is -0.360 e. The van der Waals surface area contributed by atoms with Gasteiger partial charge in [0.05, 0.1) is 0 Å². The Kier molecular flexibility index (Phi) is 6.74. The fourth-order valence-electron chi connectivity index (χ4n) is 2.88. The molecule has 0 radical (unpaired) electrons. The van der Waals surface area contributed by atoms with Crippen molar-refractivity contribution in [3.63, 3.8) is 0 Å². The summed E-state index contributed by atoms with van der Waals surface area (Å²) in [6.07, 6.45) is 6.40. The minimum atomic E-state index is 0.757. The molecule has 1 fully saturated rings. The number of piperidine rings is 1. The molecule has 2 aromatic rings. The Hall–Kier alpha value is -0.630. The number of rotatable bonds is 8. The van der Waals surface area contributed by atoms with Gasteiger partial charge in [0.25, 0.3) is 0 Å². The molecule has 0 unspecified atom stereocenters. The Labute approximate surface area is 150 Å². The Bertz CT molecular complexity index is 570. The molecule has 0 spiro atoms. The maximum Gasteiger partial charge on any atom is 0.206 e. The predicted octanol–water partition coefficient (Wildman–Crippen LogP) is 4.22. The summed E-state index contributed by atoms with van der Waals surface area (Å²) in [5.74, 6) is 1.14. The number of nitrogens with zero attached hydrogens (tertiary/aromatic N) is 3. The van der Waals surface area contributed by atoms with E-state index in [1.165, 1.54) is 37.1 Å². The van der Waals surface area contributed by atoms with Crippen molar-refractivity contribution in [3.05, 3.63) is 22.4 Å². The third-order valence-corrected chi connectivity index (χ3v) is 7.22. The molecule has 0 bridgehead atoms. The number of thioether (sulfide) groups is 1. The number of nitrogens with one attached hydrogen (secondary N) is 1. The van der Waals surface area contributed by atoms with E-state index in [1.807, 2.05) is 23.1 Å². The largest absolute Gasteiger partial charge is 0.360 e. The van der Waals surface area contributed by atoms with Crippen LogP contribution in [0.1, 0.15) is 30.6 Å². The Morgan fingerprint density at radius 2 is 2.35 bits per heavy atom. The zero-order valence-electron chi connectivity index (χ0n) is 13.5. The molecule has 0 saturated carbocycles. The van der Waals surface area contributed by atoms with Gasteiger partial charge in [0, 0.05) is 23.2 Å². The predicted molar refractivity (Wildman–Crippen MR) is 102 cm³/mol. The fourth-order valence-corrected chi connectivity index (χ4v) is 5.48. The number of hydrogen-bond acceptors (Lipinski definition) is 7. The first-order valence-corrected chi connectivity index (χ1v) is 10.9. The van der Waals surface area contributed by atoms with Gasteiger partial charge in [-0.2, -0.15) is 0 Å². The molecule has 1 saturated heterocycles. The lowest BCUT2D eigenvalue weighted by Gasteiger charge is -2.32. The molecule has 1 aliphatic rings. The molecule has 0 aliphatic carbocycles. The zero-order chi connectivity index (χ0) is 15.9. The van der Waals surface area contributed by atoms with Gasteiger partial charge < -0.3 is 10.2 Å². The molecular weight excluding hydrogens is 344 g/mol. The van der Waals surface area contributed by atoms with Crippen molar-refractivity contribution >= 4 is 39.6 Å². The summed E-state index contributed by atoms with van der Waals surface area (Å²) in [6.45, 7) is 2.18. The first-order chi connectivity index (χ1) is 11.3. The standard InChI is InChI=1S/C16H24N4S3/c1-20-10-3-2-5-13(20)8-12-22-16-19-18-15(23-16)17-9-7-14-6-4-11-21-14/h4,6,11,13H,2-3,5,7-10,12H2,1H3,(H,17,18)/t13-/m0/s1. The molecule has 3 rings (SSSR count). The molecular formula is C16H24N4S3. The normalized spacial score (nSPS) is 19.1. The summed E-state index contributed by atoms with van der Waals surface area (Å²) in [7, 11) is 2.26. The number of likely N-dealkylation sites (tertiary alicyclic amines) is 1. The molecule has 0 amide bonds. The van der Waals surface area contributed by atoms with Crippen molar-refractivity contribution < 1.29 is 0 Å². The molecule has 23 heavy (non-hydrogen) atoms. The molecule has 126 valence electrons. The van der Waals surface area contributed by atoms with Gasteiger partial charge in [0.2, 0.25) is 5.13 Å². The highest BCUT2D eigenvalue weighted by molar-refractivity contribution is 8.01. The first kappa shape index (κ1) is 17.2. The van der Waals surface area contributed by atoms with Crippen LogP contribution in [-0.4, -0.2) is 47.0 Å². The SMILES string of the molecule is CN1CCCC[C@H]1CCSc1nnc(NCCc2cccs2)s1. The van der Waals surface area contributed by atoms with E-state index in [-0.39, 0.29) is 0 Å². The smallest absolute Gasteiger partial charge is 0.206 e. The van der Waals surface area contributed by atoms with Crippen LogP contribution in [0, 0.1) is 0 Å². The highest BCUT2D eigenvalue weighted by Crippen LogP contribution is 2.28. The van der Waals surface area contributed by atoms with Crippen molar-refractivity contribution in [2.24, 2.45) is 0 Å². The van der Waals surface area contributed by atoms with Crippen LogP contribution >= 0.6 is 34.4 Å². The molecule has 3 heterocycles. The molecule has 1 N–H and O–H groups in total. The number of aromatic nitrogens is 2. The van der Waals surface area contributed by atoms with E-state index in [9.17, 15) is 0 Å². The van der Waals surface area contributed by atoms with E-state index in [0.717, 1.165) is 34.2 Å². The zero-order valence-corrected chi connectivity index (χ0v) is 16.0. The number of hydrogen-bond donors (Lipinski definition) is 1. The van der Waals surface area contributed by atoms with Crippen LogP contribution in [0.5, 0.6) is 0 Å². The highest BCUT2D eigenvalue weighted by atomic mass is 32.2. The van der Waals surface area contributed by atoms with E-state index in [1.54, 1.807) is 11.3 Å². The fraction of sp³-hybridized carbons (Fsp3) is 0.625. The second-order valence-electron chi connectivity index (χ2n) is 5.90. The van der Waals surface area contributed by atoms with Crippen LogP contribution in [0.2, 0.25) is 0 Å². The molecule has 1 atom stereocenters. The van der Waals surface area contributed by atoms with Gasteiger partial charge in [-0.15, -0.1) is 21.5 Å². The lowest BCUT2D eigenvalue weighted by atomic mass is 10.0. The van der Waals surface area contributed by atoms with Crippen molar-refractivity contribution in [2.75, 3.05) is 31.2 Å². The summed E-state index contributed by atoms with van der Waals surface area (Å²) in [4.78, 5) is 3.93. The quantitative estimate of drug-likeness (QED) is 0.707. The van der Waals surface area contributed by atoms with Crippen LogP contribution in [0.15, 0.2) is 21.9 Å². The Morgan fingerprint density at radius 3 is 3.17 bits per heavy atom.